The van der Waals surface area contributed by atoms with E-state index in [9.17, 15) is 10.1 Å². The molecule has 15 heavy (non-hydrogen) atoms. The van der Waals surface area contributed by atoms with E-state index in [1.165, 1.54) is 0 Å². The van der Waals surface area contributed by atoms with Gasteiger partial charge < -0.3 is 0 Å². The van der Waals surface area contributed by atoms with Crippen molar-refractivity contribution in [2.24, 2.45) is 0 Å². The molecule has 0 unspecified atom stereocenters. The maximum atomic E-state index is 10.7. The van der Waals surface area contributed by atoms with Crippen LogP contribution in [-0.2, 0) is 0 Å². The van der Waals surface area contributed by atoms with Crippen LogP contribution < -0.4 is 0 Å². The number of aryl methyl sites for hydroxylation is 1. The molecule has 0 aliphatic rings. The molecule has 0 bridgehead atoms. The molecule has 0 heterocycles. The van der Waals surface area contributed by atoms with Gasteiger partial charge in [-0.05, 0) is 35.9 Å². The molecule has 3 nitrogen and oxygen atoms in total. The monoisotopic (exact) mass is 221 g/mol. The Morgan fingerprint density at radius 3 is 2.60 bits per heavy atom. The Balaban J connectivity index is 2.76. The van der Waals surface area contributed by atoms with Gasteiger partial charge in [0.25, 0.3) is 5.69 Å². The molecular weight excluding hydrogens is 214 g/mol. The highest BCUT2D eigenvalue weighted by Crippen LogP contribution is 2.27. The summed E-state index contributed by atoms with van der Waals surface area (Å²) >= 11 is 5.84. The molecule has 0 spiro atoms. The maximum Gasteiger partial charge on any atom is 0.272 e. The number of hydrogen-bond acceptors (Lipinski definition) is 2. The van der Waals surface area contributed by atoms with Crippen LogP contribution in [-0.4, -0.2) is 4.92 Å². The summed E-state index contributed by atoms with van der Waals surface area (Å²) in [6.07, 6.45) is 0. The van der Waals surface area contributed by atoms with Crippen LogP contribution in [0.3, 0.4) is 0 Å². The Bertz CT molecular complexity index is 552. The molecule has 0 fully saturated rings. The van der Waals surface area contributed by atoms with Crippen LogP contribution in [0, 0.1) is 17.0 Å². The Morgan fingerprint density at radius 1 is 1.20 bits per heavy atom. The summed E-state index contributed by atoms with van der Waals surface area (Å²) in [4.78, 5) is 10.3. The van der Waals surface area contributed by atoms with Crippen LogP contribution in [0.15, 0.2) is 30.3 Å². The van der Waals surface area contributed by atoms with Crippen LogP contribution in [0.4, 0.5) is 5.69 Å². The largest absolute Gasteiger partial charge is 0.272 e. The van der Waals surface area contributed by atoms with E-state index in [1.54, 1.807) is 37.3 Å². The van der Waals surface area contributed by atoms with Gasteiger partial charge in [-0.2, -0.15) is 0 Å². The predicted octanol–water partition coefficient (Wildman–Crippen LogP) is 3.71. The second-order valence-corrected chi connectivity index (χ2v) is 3.82. The minimum atomic E-state index is -0.372. The highest BCUT2D eigenvalue weighted by Gasteiger charge is 2.11. The first kappa shape index (κ1) is 9.93. The Labute approximate surface area is 91.4 Å². The average molecular weight is 222 g/mol. The Morgan fingerprint density at radius 2 is 1.93 bits per heavy atom. The molecule has 2 rings (SSSR count). The normalized spacial score (nSPS) is 10.5. The summed E-state index contributed by atoms with van der Waals surface area (Å²) in [6, 6.07) is 8.65. The lowest BCUT2D eigenvalue weighted by atomic mass is 10.1. The van der Waals surface area contributed by atoms with Crippen LogP contribution >= 0.6 is 11.6 Å². The third-order valence-corrected chi connectivity index (χ3v) is 2.55. The molecule has 0 saturated heterocycles. The number of nitrogens with zero attached hydrogens (tertiary/aromatic N) is 1. The fourth-order valence-electron chi connectivity index (χ4n) is 1.57. The smallest absolute Gasteiger partial charge is 0.258 e. The van der Waals surface area contributed by atoms with Crippen LogP contribution in [0.25, 0.3) is 10.8 Å². The number of benzene rings is 2. The maximum absolute atomic E-state index is 10.7. The molecule has 0 radical (unpaired) electrons. The summed E-state index contributed by atoms with van der Waals surface area (Å²) in [5.41, 5.74) is 0.791. The highest BCUT2D eigenvalue weighted by molar-refractivity contribution is 6.31. The molecule has 76 valence electrons. The SMILES string of the molecule is Cc1cc2cc(Cl)ccc2cc1[N+](=O)[O-]. The van der Waals surface area contributed by atoms with E-state index in [0.29, 0.717) is 10.6 Å². The van der Waals surface area contributed by atoms with Gasteiger partial charge in [0.1, 0.15) is 0 Å². The van der Waals surface area contributed by atoms with Crippen molar-refractivity contribution in [2.45, 2.75) is 6.92 Å². The van der Waals surface area contributed by atoms with Gasteiger partial charge in [-0.1, -0.05) is 17.7 Å². The van der Waals surface area contributed by atoms with Gasteiger partial charge in [0.2, 0.25) is 0 Å². The van der Waals surface area contributed by atoms with Crippen molar-refractivity contribution in [1.82, 2.24) is 0 Å². The van der Waals surface area contributed by atoms with Gasteiger partial charge in [0.05, 0.1) is 4.92 Å². The summed E-state index contributed by atoms with van der Waals surface area (Å²) in [5, 5.41) is 13.1. The molecule has 0 aliphatic carbocycles. The van der Waals surface area contributed by atoms with Gasteiger partial charge >= 0.3 is 0 Å². The number of hydrogen-bond donors (Lipinski definition) is 0. The van der Waals surface area contributed by atoms with Gasteiger partial charge in [-0.3, -0.25) is 10.1 Å². The van der Waals surface area contributed by atoms with Crippen molar-refractivity contribution in [3.63, 3.8) is 0 Å². The standard InChI is InChI=1S/C11H8ClNO2/c1-7-4-9-5-10(12)3-2-8(9)6-11(7)13(14)15/h2-6H,1H3. The summed E-state index contributed by atoms with van der Waals surface area (Å²) in [7, 11) is 0. The first-order valence-corrected chi connectivity index (χ1v) is 4.80. The molecule has 0 atom stereocenters. The molecule has 0 aromatic heterocycles. The van der Waals surface area contributed by atoms with E-state index < -0.39 is 0 Å². The lowest BCUT2D eigenvalue weighted by Gasteiger charge is -2.01. The molecule has 0 N–H and O–H groups in total. The Hall–Kier alpha value is -1.61. The molecular formula is C11H8ClNO2. The molecule has 0 amide bonds. The van der Waals surface area contributed by atoms with Crippen molar-refractivity contribution in [1.29, 1.82) is 0 Å². The molecule has 2 aromatic carbocycles. The van der Waals surface area contributed by atoms with Crippen molar-refractivity contribution >= 4 is 28.1 Å². The van der Waals surface area contributed by atoms with Gasteiger partial charge in [-0.25, -0.2) is 0 Å². The van der Waals surface area contributed by atoms with Crippen molar-refractivity contribution < 1.29 is 4.92 Å². The third-order valence-electron chi connectivity index (χ3n) is 2.31. The number of halogens is 1. The van der Waals surface area contributed by atoms with Gasteiger partial charge in [0.15, 0.2) is 0 Å². The van der Waals surface area contributed by atoms with E-state index >= 15 is 0 Å². The topological polar surface area (TPSA) is 43.1 Å². The third kappa shape index (κ3) is 1.78. The fraction of sp³-hybridized carbons (Fsp3) is 0.0909. The van der Waals surface area contributed by atoms with Crippen molar-refractivity contribution in [2.75, 3.05) is 0 Å². The lowest BCUT2D eigenvalue weighted by molar-refractivity contribution is -0.385. The zero-order valence-electron chi connectivity index (χ0n) is 8.03. The zero-order valence-corrected chi connectivity index (χ0v) is 8.78. The number of nitro groups is 1. The van der Waals surface area contributed by atoms with E-state index in [0.717, 1.165) is 10.8 Å². The number of nitro benzene ring substituents is 1. The molecule has 4 heteroatoms. The first-order chi connectivity index (χ1) is 7.08. The quantitative estimate of drug-likeness (QED) is 0.544. The summed E-state index contributed by atoms with van der Waals surface area (Å²) in [6.45, 7) is 1.72. The highest BCUT2D eigenvalue weighted by atomic mass is 35.5. The fourth-order valence-corrected chi connectivity index (χ4v) is 1.75. The summed E-state index contributed by atoms with van der Waals surface area (Å²) in [5.74, 6) is 0. The minimum Gasteiger partial charge on any atom is -0.258 e. The van der Waals surface area contributed by atoms with Crippen molar-refractivity contribution in [3.05, 3.63) is 51.0 Å². The van der Waals surface area contributed by atoms with E-state index in [1.807, 2.05) is 0 Å². The van der Waals surface area contributed by atoms with Crippen LogP contribution in [0.1, 0.15) is 5.56 Å². The lowest BCUT2D eigenvalue weighted by Crippen LogP contribution is -1.91. The number of rotatable bonds is 1. The molecule has 2 aromatic rings. The van der Waals surface area contributed by atoms with Crippen LogP contribution in [0.2, 0.25) is 5.02 Å². The average Bonchev–Trinajstić information content (AvgIpc) is 2.15. The number of fused-ring (bicyclic) bond motifs is 1. The van der Waals surface area contributed by atoms with Crippen LogP contribution in [0.5, 0.6) is 0 Å². The molecule has 0 aliphatic heterocycles. The van der Waals surface area contributed by atoms with E-state index in [-0.39, 0.29) is 10.6 Å². The first-order valence-electron chi connectivity index (χ1n) is 4.42. The molecule has 0 saturated carbocycles. The second kappa shape index (κ2) is 3.51. The zero-order chi connectivity index (χ0) is 11.0. The second-order valence-electron chi connectivity index (χ2n) is 3.39. The Kier molecular flexibility index (Phi) is 2.32. The summed E-state index contributed by atoms with van der Waals surface area (Å²) < 4.78 is 0. The van der Waals surface area contributed by atoms with Gasteiger partial charge in [0, 0.05) is 16.7 Å². The van der Waals surface area contributed by atoms with E-state index in [2.05, 4.69) is 0 Å². The van der Waals surface area contributed by atoms with Gasteiger partial charge in [-0.15, -0.1) is 0 Å². The minimum absolute atomic E-state index is 0.143. The van der Waals surface area contributed by atoms with E-state index in [4.69, 9.17) is 11.6 Å². The predicted molar refractivity (Wildman–Crippen MR) is 60.3 cm³/mol. The van der Waals surface area contributed by atoms with Crippen molar-refractivity contribution in [3.8, 4) is 0 Å².